The fourth-order valence-corrected chi connectivity index (χ4v) is 0.802. The first-order valence-electron chi connectivity index (χ1n) is 5.83. The number of rotatable bonds is 3. The summed E-state index contributed by atoms with van der Waals surface area (Å²) in [5.41, 5.74) is -0.226. The van der Waals surface area contributed by atoms with Gasteiger partial charge in [-0.1, -0.05) is 12.1 Å². The zero-order valence-electron chi connectivity index (χ0n) is 11.5. The molecule has 72 valence electrons. The van der Waals surface area contributed by atoms with E-state index in [9.17, 15) is 10.2 Å². The van der Waals surface area contributed by atoms with Crippen molar-refractivity contribution in [2.75, 3.05) is 7.11 Å². The number of hydrogen-bond donors (Lipinski definition) is 2. The van der Waals surface area contributed by atoms with Crippen LogP contribution >= 0.6 is 0 Å². The predicted molar refractivity (Wildman–Crippen MR) is 49.6 cm³/mol. The van der Waals surface area contributed by atoms with Crippen LogP contribution in [-0.4, -0.2) is 23.4 Å². The van der Waals surface area contributed by atoms with Crippen LogP contribution in [-0.2, 0) is 0 Å². The highest BCUT2D eigenvalue weighted by Crippen LogP contribution is 2.19. The Morgan fingerprint density at radius 2 is 1.85 bits per heavy atom. The van der Waals surface area contributed by atoms with Crippen molar-refractivity contribution in [1.29, 1.82) is 0 Å². The van der Waals surface area contributed by atoms with E-state index >= 15 is 0 Å². The van der Waals surface area contributed by atoms with Crippen molar-refractivity contribution in [2.24, 2.45) is 0 Å². The number of ether oxygens (including phenoxy) is 1. The Hall–Kier alpha value is -1.06. The summed E-state index contributed by atoms with van der Waals surface area (Å²) in [5, 5.41) is 18.9. The monoisotopic (exact) mass is 186 g/mol. The zero-order valence-corrected chi connectivity index (χ0v) is 7.46. The topological polar surface area (TPSA) is 49.7 Å². The molecule has 2 N–H and O–H groups in total. The molecule has 2 atom stereocenters. The molecule has 0 aliphatic heterocycles. The number of aliphatic hydroxyl groups excluding tert-OH is 2. The van der Waals surface area contributed by atoms with Gasteiger partial charge in [-0.25, -0.2) is 0 Å². The van der Waals surface area contributed by atoms with E-state index in [1.54, 1.807) is 0 Å². The molecule has 0 aliphatic rings. The summed E-state index contributed by atoms with van der Waals surface area (Å²) < 4.78 is 35.3. The molecule has 0 spiro atoms. The van der Waals surface area contributed by atoms with Gasteiger partial charge < -0.3 is 14.9 Å². The molecule has 0 fully saturated rings. The standard InChI is InChI=1S/C10H14O3/c1-7(11)10(12)8-3-5-9(13-2)6-4-8/h3-7,10-12H,1-2H3/t7-,10-/m0/s1/i3D,4D,5D,6D. The second-order valence-electron chi connectivity index (χ2n) is 2.63. The van der Waals surface area contributed by atoms with Gasteiger partial charge in [-0.15, -0.1) is 0 Å². The van der Waals surface area contributed by atoms with E-state index in [0.29, 0.717) is 0 Å². The molecule has 13 heavy (non-hydrogen) atoms. The van der Waals surface area contributed by atoms with Crippen molar-refractivity contribution in [3.8, 4) is 5.75 Å². The molecule has 0 radical (unpaired) electrons. The molecule has 1 aromatic carbocycles. The minimum atomic E-state index is -1.46. The van der Waals surface area contributed by atoms with E-state index in [1.165, 1.54) is 14.0 Å². The maximum atomic E-state index is 9.67. The number of hydrogen-bond acceptors (Lipinski definition) is 3. The molecule has 0 amide bonds. The number of aliphatic hydroxyl groups is 2. The van der Waals surface area contributed by atoms with Gasteiger partial charge in [0, 0.05) is 0 Å². The molecule has 3 nitrogen and oxygen atoms in total. The minimum absolute atomic E-state index is 0.179. The first kappa shape index (κ1) is 5.62. The fourth-order valence-electron chi connectivity index (χ4n) is 0.802. The quantitative estimate of drug-likeness (QED) is 0.743. The van der Waals surface area contributed by atoms with Gasteiger partial charge in [0.25, 0.3) is 0 Å². The summed E-state index contributed by atoms with van der Waals surface area (Å²) in [5.74, 6) is -0.179. The van der Waals surface area contributed by atoms with Crippen LogP contribution in [0.4, 0.5) is 0 Å². The van der Waals surface area contributed by atoms with E-state index in [2.05, 4.69) is 0 Å². The summed E-state index contributed by atoms with van der Waals surface area (Å²) in [6.45, 7) is 1.31. The average molecular weight is 186 g/mol. The molecule has 3 heteroatoms. The SMILES string of the molecule is [2H]c1c([2H])c([C@@H](O)[C@H](C)O)c([2H])c([2H])c1OC. The number of benzene rings is 1. The second kappa shape index (κ2) is 4.25. The van der Waals surface area contributed by atoms with Crippen molar-refractivity contribution in [1.82, 2.24) is 0 Å². The normalized spacial score (nSPS) is 19.4. The van der Waals surface area contributed by atoms with Crippen LogP contribution < -0.4 is 4.74 Å². The van der Waals surface area contributed by atoms with E-state index < -0.39 is 24.3 Å². The van der Waals surface area contributed by atoms with Crippen molar-refractivity contribution >= 4 is 0 Å². The summed E-state index contributed by atoms with van der Waals surface area (Å²) >= 11 is 0. The second-order valence-corrected chi connectivity index (χ2v) is 2.63. The highest BCUT2D eigenvalue weighted by Gasteiger charge is 2.12. The van der Waals surface area contributed by atoms with Crippen LogP contribution in [0.3, 0.4) is 0 Å². The third-order valence-electron chi connectivity index (χ3n) is 1.58. The third-order valence-corrected chi connectivity index (χ3v) is 1.58. The molecule has 0 unspecified atom stereocenters. The maximum Gasteiger partial charge on any atom is 0.118 e. The predicted octanol–water partition coefficient (Wildman–Crippen LogP) is 1.11. The lowest BCUT2D eigenvalue weighted by molar-refractivity contribution is 0.0305. The van der Waals surface area contributed by atoms with Gasteiger partial charge in [0.1, 0.15) is 11.9 Å². The van der Waals surface area contributed by atoms with Crippen molar-refractivity contribution in [3.05, 3.63) is 29.7 Å². The largest absolute Gasteiger partial charge is 0.497 e. The van der Waals surface area contributed by atoms with Crippen LogP contribution in [0.15, 0.2) is 24.2 Å². The molecular formula is C10H14O3. The van der Waals surface area contributed by atoms with E-state index in [4.69, 9.17) is 10.2 Å². The first-order valence-corrected chi connectivity index (χ1v) is 3.83. The molecule has 0 saturated carbocycles. The van der Waals surface area contributed by atoms with Crippen LogP contribution in [0.2, 0.25) is 0 Å². The molecular weight excluding hydrogens is 168 g/mol. The molecule has 0 bridgehead atoms. The van der Waals surface area contributed by atoms with E-state index in [0.717, 1.165) is 0 Å². The third kappa shape index (κ3) is 2.44. The summed E-state index contributed by atoms with van der Waals surface area (Å²) in [6, 6.07) is -1.56. The fraction of sp³-hybridized carbons (Fsp3) is 0.400. The molecule has 0 aliphatic carbocycles. The van der Waals surface area contributed by atoms with Gasteiger partial charge in [-0.05, 0) is 24.6 Å². The maximum absolute atomic E-state index is 9.67. The van der Waals surface area contributed by atoms with Crippen LogP contribution in [0.5, 0.6) is 5.75 Å². The minimum Gasteiger partial charge on any atom is -0.497 e. The van der Waals surface area contributed by atoms with E-state index in [1.807, 2.05) is 0 Å². The Morgan fingerprint density at radius 3 is 2.23 bits per heavy atom. The van der Waals surface area contributed by atoms with Crippen LogP contribution in [0, 0.1) is 0 Å². The number of methoxy groups -OCH3 is 1. The summed E-state index contributed by atoms with van der Waals surface area (Å²) in [4.78, 5) is 0. The Kier molecular flexibility index (Phi) is 1.84. The Labute approximate surface area is 83.2 Å². The molecule has 1 rings (SSSR count). The van der Waals surface area contributed by atoms with Gasteiger partial charge in [-0.3, -0.25) is 0 Å². The van der Waals surface area contributed by atoms with Gasteiger partial charge in [0.05, 0.1) is 18.7 Å². The van der Waals surface area contributed by atoms with Gasteiger partial charge in [-0.2, -0.15) is 0 Å². The molecule has 1 aromatic rings. The summed E-state index contributed by atoms with van der Waals surface area (Å²) in [6.07, 6.45) is -2.65. The smallest absolute Gasteiger partial charge is 0.118 e. The lowest BCUT2D eigenvalue weighted by Crippen LogP contribution is -2.13. The van der Waals surface area contributed by atoms with Gasteiger partial charge in [0.15, 0.2) is 0 Å². The van der Waals surface area contributed by atoms with Crippen LogP contribution in [0.25, 0.3) is 0 Å². The van der Waals surface area contributed by atoms with Gasteiger partial charge in [0.2, 0.25) is 0 Å². The molecule has 0 aromatic heterocycles. The Bertz CT molecular complexity index is 405. The highest BCUT2D eigenvalue weighted by atomic mass is 16.5. The summed E-state index contributed by atoms with van der Waals surface area (Å²) in [7, 11) is 1.25. The van der Waals surface area contributed by atoms with Crippen molar-refractivity contribution < 1.29 is 20.4 Å². The lowest BCUT2D eigenvalue weighted by atomic mass is 10.1. The van der Waals surface area contributed by atoms with Crippen LogP contribution in [0.1, 0.15) is 24.1 Å². The highest BCUT2D eigenvalue weighted by molar-refractivity contribution is 5.28. The Balaban J connectivity index is 3.53. The van der Waals surface area contributed by atoms with Gasteiger partial charge >= 0.3 is 0 Å². The van der Waals surface area contributed by atoms with Crippen molar-refractivity contribution in [3.63, 3.8) is 0 Å². The lowest BCUT2D eigenvalue weighted by Gasteiger charge is -2.13. The average Bonchev–Trinajstić information content (AvgIpc) is 2.27. The van der Waals surface area contributed by atoms with E-state index in [-0.39, 0.29) is 23.4 Å². The zero-order chi connectivity index (χ0) is 13.3. The molecule has 0 heterocycles. The molecule has 0 saturated heterocycles. The van der Waals surface area contributed by atoms with Crippen molar-refractivity contribution in [2.45, 2.75) is 19.1 Å². The first-order chi connectivity index (χ1) is 7.82. The Morgan fingerprint density at radius 1 is 1.31 bits per heavy atom.